The van der Waals surface area contributed by atoms with Crippen LogP contribution in [0.5, 0.6) is 11.5 Å². The van der Waals surface area contributed by atoms with E-state index in [1.165, 1.54) is 37.4 Å². The summed E-state index contributed by atoms with van der Waals surface area (Å²) in [6.07, 6.45) is 9.02. The molecule has 0 aliphatic heterocycles. The van der Waals surface area contributed by atoms with Gasteiger partial charge in [0.1, 0.15) is 11.5 Å². The highest BCUT2D eigenvalue weighted by Gasteiger charge is 2.14. The first-order valence-electron chi connectivity index (χ1n) is 9.74. The fourth-order valence-corrected chi connectivity index (χ4v) is 2.81. The fourth-order valence-electron chi connectivity index (χ4n) is 2.81. The van der Waals surface area contributed by atoms with E-state index in [-0.39, 0.29) is 28.4 Å². The zero-order valence-corrected chi connectivity index (χ0v) is 18.0. The van der Waals surface area contributed by atoms with Crippen LogP contribution in [0.15, 0.2) is 66.7 Å². The van der Waals surface area contributed by atoms with Crippen molar-refractivity contribution in [2.24, 2.45) is 0 Å². The zero-order chi connectivity index (χ0) is 24.5. The van der Waals surface area contributed by atoms with Crippen molar-refractivity contribution in [2.75, 3.05) is 17.7 Å². The predicted octanol–water partition coefficient (Wildman–Crippen LogP) is 4.66. The Hall–Kier alpha value is -5.21. The van der Waals surface area contributed by atoms with Gasteiger partial charge in [-0.1, -0.05) is 24.0 Å². The highest BCUT2D eigenvalue weighted by atomic mass is 16.6. The minimum absolute atomic E-state index is 0.0688. The standard InChI is InChI=1S/C26H18N2O6/c1-4-17-8-6-10-22(12-17)33-25(30)27-20-14-19(24(29)32-3)15-21(16-20)28-26(31)34-23-11-7-9-18(5-2)13-23/h1-2,6-16H,3H3,(H,27,30)(H,28,31). The molecule has 168 valence electrons. The third-order valence-corrected chi connectivity index (χ3v) is 4.27. The van der Waals surface area contributed by atoms with Gasteiger partial charge >= 0.3 is 18.2 Å². The molecule has 0 heterocycles. The molecule has 0 unspecified atom stereocenters. The quantitative estimate of drug-likeness (QED) is 0.430. The first-order valence-corrected chi connectivity index (χ1v) is 9.74. The van der Waals surface area contributed by atoms with E-state index in [0.717, 1.165) is 0 Å². The molecule has 3 rings (SSSR count). The maximum atomic E-state index is 12.3. The Balaban J connectivity index is 1.76. The normalized spacial score (nSPS) is 9.62. The first kappa shape index (κ1) is 23.5. The molecule has 2 amide bonds. The van der Waals surface area contributed by atoms with Gasteiger partial charge in [0.25, 0.3) is 0 Å². The first-order chi connectivity index (χ1) is 16.4. The number of terminal acetylenes is 2. The lowest BCUT2D eigenvalue weighted by molar-refractivity contribution is 0.0600. The monoisotopic (exact) mass is 454 g/mol. The highest BCUT2D eigenvalue weighted by molar-refractivity contribution is 5.96. The predicted molar refractivity (Wildman–Crippen MR) is 126 cm³/mol. The zero-order valence-electron chi connectivity index (χ0n) is 18.0. The Labute approximate surface area is 195 Å². The van der Waals surface area contributed by atoms with Gasteiger partial charge in [0, 0.05) is 22.5 Å². The second kappa shape index (κ2) is 10.9. The number of hydrogen-bond acceptors (Lipinski definition) is 6. The highest BCUT2D eigenvalue weighted by Crippen LogP contribution is 2.22. The van der Waals surface area contributed by atoms with E-state index in [4.69, 9.17) is 27.1 Å². The van der Waals surface area contributed by atoms with Crippen molar-refractivity contribution < 1.29 is 28.6 Å². The molecule has 8 heteroatoms. The van der Waals surface area contributed by atoms with E-state index in [2.05, 4.69) is 22.5 Å². The molecule has 0 radical (unpaired) electrons. The number of benzene rings is 3. The number of esters is 1. The maximum Gasteiger partial charge on any atom is 0.417 e. The van der Waals surface area contributed by atoms with E-state index in [1.54, 1.807) is 36.4 Å². The van der Waals surface area contributed by atoms with Gasteiger partial charge in [-0.25, -0.2) is 14.4 Å². The molecule has 2 N–H and O–H groups in total. The second-order valence-electron chi connectivity index (χ2n) is 6.66. The van der Waals surface area contributed by atoms with Crippen molar-refractivity contribution in [1.82, 2.24) is 0 Å². The van der Waals surface area contributed by atoms with Gasteiger partial charge in [0.05, 0.1) is 12.7 Å². The summed E-state index contributed by atoms with van der Waals surface area (Å²) in [5.74, 6) is 4.66. The van der Waals surface area contributed by atoms with Crippen LogP contribution in [0.4, 0.5) is 21.0 Å². The van der Waals surface area contributed by atoms with Gasteiger partial charge in [-0.15, -0.1) is 12.8 Å². The van der Waals surface area contributed by atoms with Gasteiger partial charge in [-0.05, 0) is 54.6 Å². The van der Waals surface area contributed by atoms with Gasteiger partial charge in [-0.3, -0.25) is 10.6 Å². The van der Waals surface area contributed by atoms with Crippen LogP contribution in [0.25, 0.3) is 0 Å². The molecule has 3 aromatic carbocycles. The summed E-state index contributed by atoms with van der Waals surface area (Å²) in [7, 11) is 1.20. The molecule has 8 nitrogen and oxygen atoms in total. The summed E-state index contributed by atoms with van der Waals surface area (Å²) in [5, 5.41) is 4.98. The van der Waals surface area contributed by atoms with Crippen LogP contribution in [0.3, 0.4) is 0 Å². The topological polar surface area (TPSA) is 103 Å². The number of carbonyl (C=O) groups is 3. The molecular formula is C26H18N2O6. The van der Waals surface area contributed by atoms with Gasteiger partial charge < -0.3 is 14.2 Å². The number of hydrogen-bond donors (Lipinski definition) is 2. The SMILES string of the molecule is C#Cc1cccc(OC(=O)Nc2cc(NC(=O)Oc3cccc(C#C)c3)cc(C(=O)OC)c2)c1. The van der Waals surface area contributed by atoms with E-state index >= 15 is 0 Å². The smallest absolute Gasteiger partial charge is 0.417 e. The number of nitrogens with one attached hydrogen (secondary N) is 2. The molecule has 0 saturated carbocycles. The average Bonchev–Trinajstić information content (AvgIpc) is 2.83. The minimum atomic E-state index is -0.837. The lowest BCUT2D eigenvalue weighted by atomic mass is 10.1. The Morgan fingerprint density at radius 3 is 1.62 bits per heavy atom. The molecule has 34 heavy (non-hydrogen) atoms. The van der Waals surface area contributed by atoms with E-state index < -0.39 is 18.2 Å². The Bertz CT molecular complexity index is 1240. The van der Waals surface area contributed by atoms with Crippen molar-refractivity contribution in [3.05, 3.63) is 83.4 Å². The molecule has 0 aliphatic carbocycles. The summed E-state index contributed by atoms with van der Waals surface area (Å²) in [4.78, 5) is 36.7. The minimum Gasteiger partial charge on any atom is -0.465 e. The van der Waals surface area contributed by atoms with Gasteiger partial charge in [0.15, 0.2) is 0 Å². The molecule has 3 aromatic rings. The van der Waals surface area contributed by atoms with E-state index in [1.807, 2.05) is 0 Å². The summed E-state index contributed by atoms with van der Waals surface area (Å²) >= 11 is 0. The third-order valence-electron chi connectivity index (χ3n) is 4.27. The summed E-state index contributed by atoms with van der Waals surface area (Å²) in [6, 6.07) is 16.9. The van der Waals surface area contributed by atoms with Gasteiger partial charge in [-0.2, -0.15) is 0 Å². The molecule has 0 bridgehead atoms. The van der Waals surface area contributed by atoms with Crippen LogP contribution in [0.1, 0.15) is 21.5 Å². The molecule has 0 spiro atoms. The summed E-state index contributed by atoms with van der Waals surface area (Å²) in [6.45, 7) is 0. The van der Waals surface area contributed by atoms with Crippen molar-refractivity contribution in [1.29, 1.82) is 0 Å². The van der Waals surface area contributed by atoms with Crippen LogP contribution in [0, 0.1) is 24.7 Å². The third kappa shape index (κ3) is 6.39. The molecule has 0 aliphatic rings. The van der Waals surface area contributed by atoms with E-state index in [9.17, 15) is 14.4 Å². The lowest BCUT2D eigenvalue weighted by Crippen LogP contribution is -2.19. The van der Waals surface area contributed by atoms with Crippen LogP contribution >= 0.6 is 0 Å². The number of anilines is 2. The Morgan fingerprint density at radius 2 is 1.21 bits per heavy atom. The molecule has 0 atom stereocenters. The molecule has 0 saturated heterocycles. The van der Waals surface area contributed by atoms with Crippen LogP contribution < -0.4 is 20.1 Å². The van der Waals surface area contributed by atoms with Crippen LogP contribution in [-0.4, -0.2) is 25.3 Å². The Kier molecular flexibility index (Phi) is 7.51. The van der Waals surface area contributed by atoms with Crippen molar-refractivity contribution in [3.8, 4) is 36.2 Å². The number of carbonyl (C=O) groups excluding carboxylic acids is 3. The van der Waals surface area contributed by atoms with Crippen molar-refractivity contribution in [3.63, 3.8) is 0 Å². The molecule has 0 fully saturated rings. The number of methoxy groups -OCH3 is 1. The van der Waals surface area contributed by atoms with Crippen LogP contribution in [0.2, 0.25) is 0 Å². The van der Waals surface area contributed by atoms with Crippen molar-refractivity contribution in [2.45, 2.75) is 0 Å². The molecule has 0 aromatic heterocycles. The van der Waals surface area contributed by atoms with Crippen molar-refractivity contribution >= 4 is 29.5 Å². The number of rotatable bonds is 5. The summed E-state index contributed by atoms with van der Waals surface area (Å²) < 4.78 is 15.2. The largest absolute Gasteiger partial charge is 0.465 e. The van der Waals surface area contributed by atoms with E-state index in [0.29, 0.717) is 11.1 Å². The maximum absolute atomic E-state index is 12.3. The second-order valence-corrected chi connectivity index (χ2v) is 6.66. The summed E-state index contributed by atoms with van der Waals surface area (Å²) in [5.41, 5.74) is 1.46. The lowest BCUT2D eigenvalue weighted by Gasteiger charge is -2.12. The van der Waals surface area contributed by atoms with Gasteiger partial charge in [0.2, 0.25) is 0 Å². The Morgan fingerprint density at radius 1 is 0.735 bits per heavy atom. The number of amides is 2. The van der Waals surface area contributed by atoms with Crippen LogP contribution in [-0.2, 0) is 4.74 Å². The number of ether oxygens (including phenoxy) is 3. The molecular weight excluding hydrogens is 436 g/mol. The fraction of sp³-hybridized carbons (Fsp3) is 0.0385. The average molecular weight is 454 g/mol.